The van der Waals surface area contributed by atoms with Crippen LogP contribution in [0, 0.1) is 0 Å². The lowest BCUT2D eigenvalue weighted by Gasteiger charge is -2.32. The molecule has 0 fully saturated rings. The van der Waals surface area contributed by atoms with Crippen molar-refractivity contribution in [2.24, 2.45) is 0 Å². The van der Waals surface area contributed by atoms with Crippen LogP contribution in [0.1, 0.15) is 42.0 Å². The SMILES string of the molecule is CCC(c1nc2ccccc2c(=O)n1-c1ccccc1)N(CCCOC)C(=O)c1ccc2c(c1)OCO2. The monoisotopic (exact) mass is 499 g/mol. The Morgan fingerprint density at radius 1 is 1.05 bits per heavy atom. The van der Waals surface area contributed by atoms with Crippen LogP contribution in [-0.2, 0) is 4.74 Å². The Balaban J connectivity index is 1.65. The molecule has 37 heavy (non-hydrogen) atoms. The number of hydrogen-bond acceptors (Lipinski definition) is 6. The molecule has 2 heterocycles. The molecular formula is C29H29N3O5. The molecule has 8 heteroatoms. The summed E-state index contributed by atoms with van der Waals surface area (Å²) in [6.07, 6.45) is 1.19. The van der Waals surface area contributed by atoms with E-state index in [1.54, 1.807) is 40.8 Å². The quantitative estimate of drug-likeness (QED) is 0.309. The zero-order valence-corrected chi connectivity index (χ0v) is 20.9. The third-order valence-electron chi connectivity index (χ3n) is 6.50. The van der Waals surface area contributed by atoms with Gasteiger partial charge < -0.3 is 19.1 Å². The molecule has 0 aliphatic carbocycles. The van der Waals surface area contributed by atoms with E-state index in [4.69, 9.17) is 19.2 Å². The number of hydrogen-bond donors (Lipinski definition) is 0. The second kappa shape index (κ2) is 10.8. The summed E-state index contributed by atoms with van der Waals surface area (Å²) in [6, 6.07) is 21.5. The molecule has 190 valence electrons. The number of rotatable bonds is 9. The standard InChI is InChI=1S/C29H29N3O5/c1-3-24(31(16-9-17-35-2)28(33)20-14-15-25-26(18-20)37-19-36-25)27-30-23-13-8-7-12-22(23)29(34)32(27)21-10-5-4-6-11-21/h4-8,10-15,18,24H,3,9,16-17,19H2,1-2H3. The third-order valence-corrected chi connectivity index (χ3v) is 6.50. The third kappa shape index (κ3) is 4.80. The summed E-state index contributed by atoms with van der Waals surface area (Å²) in [4.78, 5) is 34.5. The van der Waals surface area contributed by atoms with E-state index in [9.17, 15) is 9.59 Å². The zero-order valence-electron chi connectivity index (χ0n) is 20.9. The Morgan fingerprint density at radius 2 is 1.81 bits per heavy atom. The van der Waals surface area contributed by atoms with Crippen LogP contribution in [0.4, 0.5) is 0 Å². The van der Waals surface area contributed by atoms with Gasteiger partial charge in [-0.25, -0.2) is 4.98 Å². The number of fused-ring (bicyclic) bond motifs is 2. The van der Waals surface area contributed by atoms with Crippen molar-refractivity contribution in [1.82, 2.24) is 14.5 Å². The minimum absolute atomic E-state index is 0.131. The summed E-state index contributed by atoms with van der Waals surface area (Å²) in [7, 11) is 1.64. The van der Waals surface area contributed by atoms with Crippen LogP contribution in [0.2, 0.25) is 0 Å². The van der Waals surface area contributed by atoms with Crippen molar-refractivity contribution >= 4 is 16.8 Å². The van der Waals surface area contributed by atoms with Crippen molar-refractivity contribution in [3.8, 4) is 17.2 Å². The van der Waals surface area contributed by atoms with Crippen LogP contribution < -0.4 is 15.0 Å². The molecule has 0 bridgehead atoms. The van der Waals surface area contributed by atoms with Crippen LogP contribution in [0.3, 0.4) is 0 Å². The molecule has 1 atom stereocenters. The van der Waals surface area contributed by atoms with E-state index < -0.39 is 6.04 Å². The second-order valence-corrected chi connectivity index (χ2v) is 8.80. The lowest BCUT2D eigenvalue weighted by molar-refractivity contribution is 0.0634. The fourth-order valence-corrected chi connectivity index (χ4v) is 4.72. The average molecular weight is 500 g/mol. The summed E-state index contributed by atoms with van der Waals surface area (Å²) < 4.78 is 17.8. The number of carbonyl (C=O) groups excluding carboxylic acids is 1. The Bertz CT molecular complexity index is 1470. The number of amides is 1. The minimum Gasteiger partial charge on any atom is -0.454 e. The number of aromatic nitrogens is 2. The van der Waals surface area contributed by atoms with Crippen molar-refractivity contribution in [2.75, 3.05) is 27.1 Å². The van der Waals surface area contributed by atoms with E-state index in [2.05, 4.69) is 0 Å². The Hall–Kier alpha value is -4.17. The molecule has 1 aromatic heterocycles. The van der Waals surface area contributed by atoms with Gasteiger partial charge in [0.25, 0.3) is 11.5 Å². The largest absolute Gasteiger partial charge is 0.454 e. The van der Waals surface area contributed by atoms with Crippen LogP contribution in [0.15, 0.2) is 77.6 Å². The van der Waals surface area contributed by atoms with Gasteiger partial charge in [-0.05, 0) is 55.3 Å². The van der Waals surface area contributed by atoms with Gasteiger partial charge in [-0.1, -0.05) is 37.3 Å². The van der Waals surface area contributed by atoms with Crippen LogP contribution in [0.5, 0.6) is 11.5 Å². The highest BCUT2D eigenvalue weighted by atomic mass is 16.7. The molecule has 0 spiro atoms. The van der Waals surface area contributed by atoms with Crippen LogP contribution >= 0.6 is 0 Å². The first-order valence-electron chi connectivity index (χ1n) is 12.4. The molecule has 0 N–H and O–H groups in total. The van der Waals surface area contributed by atoms with Gasteiger partial charge in [-0.15, -0.1) is 0 Å². The molecule has 5 rings (SSSR count). The summed E-state index contributed by atoms with van der Waals surface area (Å²) in [5, 5.41) is 0.526. The van der Waals surface area contributed by atoms with Crippen LogP contribution in [0.25, 0.3) is 16.6 Å². The fourth-order valence-electron chi connectivity index (χ4n) is 4.72. The summed E-state index contributed by atoms with van der Waals surface area (Å²) in [5.41, 5.74) is 1.61. The van der Waals surface area contributed by atoms with Crippen molar-refractivity contribution in [1.29, 1.82) is 0 Å². The van der Waals surface area contributed by atoms with Gasteiger partial charge in [-0.3, -0.25) is 14.2 Å². The summed E-state index contributed by atoms with van der Waals surface area (Å²) in [5.74, 6) is 1.50. The number of para-hydroxylation sites is 2. The average Bonchev–Trinajstić information content (AvgIpc) is 3.41. The topological polar surface area (TPSA) is 82.9 Å². The second-order valence-electron chi connectivity index (χ2n) is 8.80. The Kier molecular flexibility index (Phi) is 7.18. The number of carbonyl (C=O) groups is 1. The Morgan fingerprint density at radius 3 is 2.59 bits per heavy atom. The molecule has 0 saturated heterocycles. The maximum atomic E-state index is 14.0. The van der Waals surface area contributed by atoms with Crippen LogP contribution in [-0.4, -0.2) is 47.4 Å². The van der Waals surface area contributed by atoms with Gasteiger partial charge in [-0.2, -0.15) is 0 Å². The van der Waals surface area contributed by atoms with Gasteiger partial charge in [0.15, 0.2) is 11.5 Å². The molecule has 3 aromatic carbocycles. The Labute approximate surface area is 215 Å². The lowest BCUT2D eigenvalue weighted by atomic mass is 10.1. The highest BCUT2D eigenvalue weighted by Crippen LogP contribution is 2.34. The smallest absolute Gasteiger partial charge is 0.266 e. The van der Waals surface area contributed by atoms with E-state index >= 15 is 0 Å². The van der Waals surface area contributed by atoms with Crippen molar-refractivity contribution in [3.05, 3.63) is 94.5 Å². The number of ether oxygens (including phenoxy) is 3. The van der Waals surface area contributed by atoms with Gasteiger partial charge in [0, 0.05) is 25.8 Å². The predicted octanol–water partition coefficient (Wildman–Crippen LogP) is 4.74. The molecule has 8 nitrogen and oxygen atoms in total. The highest BCUT2D eigenvalue weighted by molar-refractivity contribution is 5.95. The van der Waals surface area contributed by atoms with Crippen molar-refractivity contribution < 1.29 is 19.0 Å². The molecule has 1 amide bonds. The molecule has 1 aliphatic heterocycles. The summed E-state index contributed by atoms with van der Waals surface area (Å²) >= 11 is 0. The molecule has 4 aromatic rings. The summed E-state index contributed by atoms with van der Waals surface area (Å²) in [6.45, 7) is 3.05. The molecule has 1 unspecified atom stereocenters. The highest BCUT2D eigenvalue weighted by Gasteiger charge is 2.30. The predicted molar refractivity (Wildman–Crippen MR) is 140 cm³/mol. The number of nitrogens with zero attached hydrogens (tertiary/aromatic N) is 3. The van der Waals surface area contributed by atoms with E-state index in [0.29, 0.717) is 65.5 Å². The van der Waals surface area contributed by atoms with Crippen molar-refractivity contribution in [3.63, 3.8) is 0 Å². The van der Waals surface area contributed by atoms with Gasteiger partial charge in [0.05, 0.1) is 22.6 Å². The fraction of sp³-hybridized carbons (Fsp3) is 0.276. The molecular weight excluding hydrogens is 470 g/mol. The molecule has 1 aliphatic rings. The normalized spacial score (nSPS) is 13.0. The number of methoxy groups -OCH3 is 1. The van der Waals surface area contributed by atoms with E-state index in [1.807, 2.05) is 55.5 Å². The first-order valence-corrected chi connectivity index (χ1v) is 12.4. The van der Waals surface area contributed by atoms with E-state index in [1.165, 1.54) is 0 Å². The maximum Gasteiger partial charge on any atom is 0.266 e. The van der Waals surface area contributed by atoms with E-state index in [0.717, 1.165) is 0 Å². The minimum atomic E-state index is -0.465. The zero-order chi connectivity index (χ0) is 25.8. The van der Waals surface area contributed by atoms with Crippen molar-refractivity contribution in [2.45, 2.75) is 25.8 Å². The first kappa shape index (κ1) is 24.5. The van der Waals surface area contributed by atoms with Gasteiger partial charge in [0.1, 0.15) is 5.82 Å². The van der Waals surface area contributed by atoms with Gasteiger partial charge >= 0.3 is 0 Å². The first-order chi connectivity index (χ1) is 18.1. The lowest BCUT2D eigenvalue weighted by Crippen LogP contribution is -2.39. The maximum absolute atomic E-state index is 14.0. The van der Waals surface area contributed by atoms with E-state index in [-0.39, 0.29) is 18.3 Å². The molecule has 0 saturated carbocycles. The van der Waals surface area contributed by atoms with Gasteiger partial charge in [0.2, 0.25) is 6.79 Å². The number of benzene rings is 3. The molecule has 0 radical (unpaired) electrons.